The number of Topliss-reactive ketones (excluding diaryl/α,β-unsaturated/α-hetero) is 1. The first-order valence-corrected chi connectivity index (χ1v) is 4.41. The minimum Gasteiger partial charge on any atom is -0.406 e. The third kappa shape index (κ3) is 1.44. The summed E-state index contributed by atoms with van der Waals surface area (Å²) in [7, 11) is 0. The van der Waals surface area contributed by atoms with E-state index in [4.69, 9.17) is 16.0 Å². The van der Waals surface area contributed by atoms with Gasteiger partial charge in [0.15, 0.2) is 11.4 Å². The van der Waals surface area contributed by atoms with Gasteiger partial charge >= 0.3 is 6.08 Å². The molecule has 14 heavy (non-hydrogen) atoms. The summed E-state index contributed by atoms with van der Waals surface area (Å²) in [6, 6.07) is 4.59. The molecule has 1 aromatic carbocycles. The molecule has 71 valence electrons. The van der Waals surface area contributed by atoms with E-state index >= 15 is 0 Å². The molecular weight excluding hydrogens is 206 g/mol. The molecule has 1 aromatic heterocycles. The van der Waals surface area contributed by atoms with Gasteiger partial charge in [0, 0.05) is 5.56 Å². The Kier molecular flexibility index (Phi) is 2.13. The summed E-state index contributed by atoms with van der Waals surface area (Å²) >= 11 is 5.39. The van der Waals surface area contributed by atoms with Crippen LogP contribution in [0.1, 0.15) is 10.4 Å². The molecule has 0 aliphatic carbocycles. The highest BCUT2D eigenvalue weighted by Gasteiger charge is 2.09. The number of carbonyl (C=O) groups is 1. The lowest BCUT2D eigenvalue weighted by Crippen LogP contribution is -1.99. The Labute approximate surface area is 84.1 Å². The molecule has 4 nitrogen and oxygen atoms in total. The number of oxazole rings is 1. The number of halogens is 1. The molecule has 0 amide bonds. The summed E-state index contributed by atoms with van der Waals surface area (Å²) in [5.74, 6) is -0.304. The number of fused-ring (bicyclic) bond motifs is 1. The molecule has 5 heteroatoms. The fraction of sp³-hybridized carbons (Fsp3) is 0.111. The van der Waals surface area contributed by atoms with Crippen LogP contribution in [0.4, 0.5) is 0 Å². The molecular formula is C9H5ClNO3. The zero-order valence-corrected chi connectivity index (χ0v) is 7.75. The lowest BCUT2D eigenvalue weighted by Gasteiger charge is -1.94. The van der Waals surface area contributed by atoms with Gasteiger partial charge in [0.25, 0.3) is 0 Å². The van der Waals surface area contributed by atoms with Gasteiger partial charge in [0.1, 0.15) is 5.52 Å². The van der Waals surface area contributed by atoms with Crippen LogP contribution in [0.5, 0.6) is 6.08 Å². The lowest BCUT2D eigenvalue weighted by molar-refractivity contribution is 0.102. The highest BCUT2D eigenvalue weighted by molar-refractivity contribution is 6.30. The SMILES string of the molecule is [O]c1nc2ccc(C(=O)CCl)cc2o1. The Morgan fingerprint density at radius 2 is 2.29 bits per heavy atom. The molecule has 0 N–H and O–H groups in total. The van der Waals surface area contributed by atoms with Gasteiger partial charge in [0.05, 0.1) is 5.88 Å². The molecule has 0 unspecified atom stereocenters. The maximum atomic E-state index is 11.2. The summed E-state index contributed by atoms with van der Waals surface area (Å²) < 4.78 is 4.74. The van der Waals surface area contributed by atoms with E-state index in [1.54, 1.807) is 12.1 Å². The van der Waals surface area contributed by atoms with Gasteiger partial charge in [0.2, 0.25) is 0 Å². The topological polar surface area (TPSA) is 63.0 Å². The van der Waals surface area contributed by atoms with E-state index in [-0.39, 0.29) is 11.7 Å². The number of alkyl halides is 1. The Morgan fingerprint density at radius 3 is 3.00 bits per heavy atom. The van der Waals surface area contributed by atoms with Gasteiger partial charge in [-0.15, -0.1) is 11.6 Å². The zero-order valence-electron chi connectivity index (χ0n) is 6.99. The van der Waals surface area contributed by atoms with Gasteiger partial charge in [-0.2, -0.15) is 4.98 Å². The fourth-order valence-corrected chi connectivity index (χ4v) is 1.31. The molecule has 2 rings (SSSR count). The van der Waals surface area contributed by atoms with Gasteiger partial charge in [-0.1, -0.05) is 0 Å². The predicted molar refractivity (Wildman–Crippen MR) is 49.2 cm³/mol. The molecule has 0 bridgehead atoms. The summed E-state index contributed by atoms with van der Waals surface area (Å²) in [5.41, 5.74) is 1.18. The van der Waals surface area contributed by atoms with Crippen LogP contribution in [0, 0.1) is 0 Å². The van der Waals surface area contributed by atoms with Crippen molar-refractivity contribution in [1.82, 2.24) is 4.98 Å². The van der Waals surface area contributed by atoms with Crippen LogP contribution in [0.25, 0.3) is 11.1 Å². The van der Waals surface area contributed by atoms with Crippen LogP contribution in [0.15, 0.2) is 22.6 Å². The van der Waals surface area contributed by atoms with Crippen molar-refractivity contribution in [3.05, 3.63) is 23.8 Å². The average Bonchev–Trinajstić information content (AvgIpc) is 2.55. The van der Waals surface area contributed by atoms with Crippen LogP contribution in [0.3, 0.4) is 0 Å². The first kappa shape index (κ1) is 9.02. The Hall–Kier alpha value is -1.55. The predicted octanol–water partition coefficient (Wildman–Crippen LogP) is 2.39. The first-order valence-electron chi connectivity index (χ1n) is 3.87. The standard InChI is InChI=1S/C9H5ClNO3/c10-4-7(12)5-1-2-6-8(3-5)14-9(13)11-6/h1-3H,4H2. The van der Waals surface area contributed by atoms with E-state index in [0.29, 0.717) is 16.7 Å². The Morgan fingerprint density at radius 1 is 1.50 bits per heavy atom. The molecule has 0 atom stereocenters. The third-order valence-corrected chi connectivity index (χ3v) is 2.05. The second kappa shape index (κ2) is 3.31. The summed E-state index contributed by atoms with van der Waals surface area (Å²) in [4.78, 5) is 14.8. The van der Waals surface area contributed by atoms with Crippen LogP contribution in [-0.2, 0) is 5.11 Å². The number of nitrogens with zero attached hydrogens (tertiary/aromatic N) is 1. The molecule has 0 aliphatic rings. The van der Waals surface area contributed by atoms with Crippen molar-refractivity contribution >= 4 is 28.5 Å². The van der Waals surface area contributed by atoms with E-state index in [2.05, 4.69) is 4.98 Å². The normalized spacial score (nSPS) is 10.6. The fourth-order valence-electron chi connectivity index (χ4n) is 1.15. The minimum absolute atomic E-state index is 0.0934. The number of ketones is 1. The first-order chi connectivity index (χ1) is 6.70. The van der Waals surface area contributed by atoms with E-state index in [1.165, 1.54) is 6.07 Å². The smallest absolute Gasteiger partial charge is 0.406 e. The second-order valence-corrected chi connectivity index (χ2v) is 2.99. The maximum Gasteiger partial charge on any atom is 0.439 e. The van der Waals surface area contributed by atoms with E-state index in [0.717, 1.165) is 0 Å². The van der Waals surface area contributed by atoms with Crippen LogP contribution < -0.4 is 0 Å². The van der Waals surface area contributed by atoms with E-state index in [9.17, 15) is 9.90 Å². The van der Waals surface area contributed by atoms with Crippen molar-refractivity contribution in [2.75, 3.05) is 5.88 Å². The maximum absolute atomic E-state index is 11.2. The number of hydrogen-bond acceptors (Lipinski definition) is 3. The van der Waals surface area contributed by atoms with Crippen molar-refractivity contribution in [1.29, 1.82) is 0 Å². The van der Waals surface area contributed by atoms with Crippen molar-refractivity contribution in [3.63, 3.8) is 0 Å². The van der Waals surface area contributed by atoms with Crippen molar-refractivity contribution in [3.8, 4) is 6.08 Å². The van der Waals surface area contributed by atoms with Gasteiger partial charge < -0.3 is 4.42 Å². The highest BCUT2D eigenvalue weighted by atomic mass is 35.5. The van der Waals surface area contributed by atoms with Crippen LogP contribution >= 0.6 is 11.6 Å². The number of hydrogen-bond donors (Lipinski definition) is 0. The number of aromatic nitrogens is 1. The zero-order chi connectivity index (χ0) is 10.1. The second-order valence-electron chi connectivity index (χ2n) is 2.72. The molecule has 1 heterocycles. The van der Waals surface area contributed by atoms with Crippen LogP contribution in [0.2, 0.25) is 0 Å². The van der Waals surface area contributed by atoms with E-state index in [1.807, 2.05) is 0 Å². The molecule has 0 saturated carbocycles. The lowest BCUT2D eigenvalue weighted by atomic mass is 10.1. The molecule has 2 aromatic rings. The number of rotatable bonds is 2. The number of benzene rings is 1. The largest absolute Gasteiger partial charge is 0.439 e. The van der Waals surface area contributed by atoms with Crippen molar-refractivity contribution in [2.24, 2.45) is 0 Å². The molecule has 0 fully saturated rings. The Balaban J connectivity index is 2.55. The van der Waals surface area contributed by atoms with Crippen LogP contribution in [-0.4, -0.2) is 16.6 Å². The molecule has 0 aliphatic heterocycles. The molecule has 0 saturated heterocycles. The summed E-state index contributed by atoms with van der Waals surface area (Å²) in [6.45, 7) is 0. The minimum atomic E-state index is -0.657. The Bertz CT molecular complexity index is 492. The summed E-state index contributed by atoms with van der Waals surface area (Å²) in [5, 5.41) is 10.8. The van der Waals surface area contributed by atoms with Gasteiger partial charge in [-0.25, -0.2) is 5.11 Å². The van der Waals surface area contributed by atoms with Crippen molar-refractivity contribution < 1.29 is 14.3 Å². The van der Waals surface area contributed by atoms with Gasteiger partial charge in [-0.05, 0) is 18.2 Å². The molecule has 0 spiro atoms. The quantitative estimate of drug-likeness (QED) is 0.565. The molecule has 1 radical (unpaired) electrons. The van der Waals surface area contributed by atoms with E-state index < -0.39 is 6.08 Å². The summed E-state index contributed by atoms with van der Waals surface area (Å²) in [6.07, 6.45) is -0.657. The van der Waals surface area contributed by atoms with Crippen molar-refractivity contribution in [2.45, 2.75) is 0 Å². The highest BCUT2D eigenvalue weighted by Crippen LogP contribution is 2.21. The monoisotopic (exact) mass is 210 g/mol. The average molecular weight is 211 g/mol. The number of carbonyl (C=O) groups excluding carboxylic acids is 1. The third-order valence-electron chi connectivity index (χ3n) is 1.81. The van der Waals surface area contributed by atoms with Gasteiger partial charge in [-0.3, -0.25) is 4.79 Å².